The molecule has 0 amide bonds. The van der Waals surface area contributed by atoms with Crippen molar-refractivity contribution in [3.05, 3.63) is 75.1 Å². The Labute approximate surface area is 151 Å². The number of aryl methyl sites for hydroxylation is 2. The predicted octanol–water partition coefficient (Wildman–Crippen LogP) is 4.24. The quantitative estimate of drug-likeness (QED) is 0.523. The molecule has 0 aliphatic heterocycles. The zero-order valence-electron chi connectivity index (χ0n) is 14.9. The highest BCUT2D eigenvalue weighted by atomic mass is 16.5. The third-order valence-electron chi connectivity index (χ3n) is 5.07. The summed E-state index contributed by atoms with van der Waals surface area (Å²) in [6.45, 7) is 3.60. The average molecular weight is 348 g/mol. The van der Waals surface area contributed by atoms with Crippen LogP contribution in [0.15, 0.2) is 51.7 Å². The fourth-order valence-electron chi connectivity index (χ4n) is 3.67. The fourth-order valence-corrected chi connectivity index (χ4v) is 3.67. The number of benzene rings is 2. The van der Waals surface area contributed by atoms with Gasteiger partial charge in [0.1, 0.15) is 11.3 Å². The van der Waals surface area contributed by atoms with E-state index >= 15 is 0 Å². The van der Waals surface area contributed by atoms with Crippen LogP contribution in [0.2, 0.25) is 0 Å². The van der Waals surface area contributed by atoms with Gasteiger partial charge in [-0.1, -0.05) is 30.3 Å². The summed E-state index contributed by atoms with van der Waals surface area (Å²) in [4.78, 5) is 24.8. The molecule has 26 heavy (non-hydrogen) atoms. The zero-order valence-corrected chi connectivity index (χ0v) is 14.9. The molecule has 0 saturated carbocycles. The number of fused-ring (bicyclic) bond motifs is 3. The fraction of sp³-hybridized carbons (Fsp3) is 0.273. The molecule has 2 aromatic carbocycles. The largest absolute Gasteiger partial charge is 0.482 e. The number of Topliss-reactive ketones (excluding diaryl/α,β-unsaturated/α-hetero) is 1. The third-order valence-corrected chi connectivity index (χ3v) is 5.07. The lowest BCUT2D eigenvalue weighted by Crippen LogP contribution is -2.24. The van der Waals surface area contributed by atoms with Crippen molar-refractivity contribution in [1.29, 1.82) is 0 Å². The first-order chi connectivity index (χ1) is 12.6. The first-order valence-electron chi connectivity index (χ1n) is 8.90. The van der Waals surface area contributed by atoms with Crippen LogP contribution >= 0.6 is 0 Å². The average Bonchev–Trinajstić information content (AvgIpc) is 3.15. The molecule has 0 bridgehead atoms. The number of carbonyl (C=O) groups excluding carboxylic acids is 1. The Morgan fingerprint density at radius 3 is 2.58 bits per heavy atom. The van der Waals surface area contributed by atoms with E-state index in [0.29, 0.717) is 16.9 Å². The van der Waals surface area contributed by atoms with Gasteiger partial charge in [-0.3, -0.25) is 4.79 Å². The number of carbonyl (C=O) groups is 1. The Kier molecular flexibility index (Phi) is 4.11. The summed E-state index contributed by atoms with van der Waals surface area (Å²) in [6, 6.07) is 12.9. The smallest absolute Gasteiger partial charge is 0.339 e. The third kappa shape index (κ3) is 2.71. The summed E-state index contributed by atoms with van der Waals surface area (Å²) in [6.07, 6.45) is 2.04. The van der Waals surface area contributed by atoms with E-state index in [-0.39, 0.29) is 11.4 Å². The van der Waals surface area contributed by atoms with Gasteiger partial charge in [0.2, 0.25) is 5.78 Å². The molecule has 0 unspecified atom stereocenters. The molecular weight excluding hydrogens is 328 g/mol. The summed E-state index contributed by atoms with van der Waals surface area (Å²) < 4.78 is 11.5. The van der Waals surface area contributed by atoms with Crippen molar-refractivity contribution in [3.8, 4) is 5.75 Å². The summed E-state index contributed by atoms with van der Waals surface area (Å²) in [7, 11) is 0. The highest BCUT2D eigenvalue weighted by Crippen LogP contribution is 2.33. The highest BCUT2D eigenvalue weighted by Gasteiger charge is 2.23. The van der Waals surface area contributed by atoms with E-state index in [1.54, 1.807) is 19.1 Å². The van der Waals surface area contributed by atoms with Crippen molar-refractivity contribution in [3.63, 3.8) is 0 Å². The second-order valence-corrected chi connectivity index (χ2v) is 6.76. The van der Waals surface area contributed by atoms with E-state index in [1.807, 2.05) is 37.3 Å². The summed E-state index contributed by atoms with van der Waals surface area (Å²) in [5.41, 5.74) is 3.58. The van der Waals surface area contributed by atoms with E-state index in [2.05, 4.69) is 0 Å². The molecule has 1 aliphatic rings. The van der Waals surface area contributed by atoms with Gasteiger partial charge in [-0.2, -0.15) is 0 Å². The van der Waals surface area contributed by atoms with Crippen LogP contribution in [0, 0.1) is 6.92 Å². The van der Waals surface area contributed by atoms with Crippen LogP contribution in [-0.2, 0) is 12.8 Å². The van der Waals surface area contributed by atoms with Crippen molar-refractivity contribution in [1.82, 2.24) is 0 Å². The van der Waals surface area contributed by atoms with Gasteiger partial charge in [0.15, 0.2) is 6.10 Å². The Morgan fingerprint density at radius 2 is 1.81 bits per heavy atom. The molecule has 0 fully saturated rings. The second-order valence-electron chi connectivity index (χ2n) is 6.76. The van der Waals surface area contributed by atoms with Gasteiger partial charge in [0.25, 0.3) is 0 Å². The Bertz CT molecular complexity index is 1050. The molecule has 0 saturated heterocycles. The molecule has 132 valence electrons. The Hall–Kier alpha value is -2.88. The predicted molar refractivity (Wildman–Crippen MR) is 100 cm³/mol. The van der Waals surface area contributed by atoms with E-state index < -0.39 is 6.10 Å². The van der Waals surface area contributed by atoms with Crippen LogP contribution in [0.1, 0.15) is 40.4 Å². The maximum absolute atomic E-state index is 12.5. The lowest BCUT2D eigenvalue weighted by Gasteiger charge is -2.17. The number of ketones is 1. The molecule has 4 rings (SSSR count). The molecule has 1 heterocycles. The summed E-state index contributed by atoms with van der Waals surface area (Å²) in [5.74, 6) is 0.482. The Morgan fingerprint density at radius 1 is 1.08 bits per heavy atom. The lowest BCUT2D eigenvalue weighted by molar-refractivity contribution is 0.0817. The van der Waals surface area contributed by atoms with Gasteiger partial charge < -0.3 is 9.15 Å². The minimum Gasteiger partial charge on any atom is -0.482 e. The second kappa shape index (κ2) is 6.45. The SMILES string of the molecule is Cc1c(O[C@@H](C)C(=O)c2ccccc2)ccc2c3c(c(=O)oc12)CCC3. The van der Waals surface area contributed by atoms with Crippen LogP contribution < -0.4 is 10.4 Å². The number of ether oxygens (including phenoxy) is 1. The highest BCUT2D eigenvalue weighted by molar-refractivity contribution is 5.99. The van der Waals surface area contributed by atoms with E-state index in [0.717, 1.165) is 41.3 Å². The number of rotatable bonds is 4. The van der Waals surface area contributed by atoms with Gasteiger partial charge in [-0.15, -0.1) is 0 Å². The molecule has 1 atom stereocenters. The standard InChI is InChI=1S/C22H20O4/c1-13-19(25-14(2)20(23)15-7-4-3-5-8-15)12-11-17-16-9-6-10-18(16)22(24)26-21(13)17/h3-5,7-8,11-12,14H,6,9-10H2,1-2H3/t14-/m0/s1. The molecule has 0 radical (unpaired) electrons. The van der Waals surface area contributed by atoms with Gasteiger partial charge in [0.05, 0.1) is 0 Å². The van der Waals surface area contributed by atoms with Crippen LogP contribution in [0.3, 0.4) is 0 Å². The maximum Gasteiger partial charge on any atom is 0.339 e. The molecule has 4 nitrogen and oxygen atoms in total. The zero-order chi connectivity index (χ0) is 18.3. The van der Waals surface area contributed by atoms with Crippen molar-refractivity contribution in [2.24, 2.45) is 0 Å². The molecule has 0 spiro atoms. The topological polar surface area (TPSA) is 56.5 Å². The van der Waals surface area contributed by atoms with E-state index in [1.165, 1.54) is 0 Å². The van der Waals surface area contributed by atoms with Crippen LogP contribution in [0.25, 0.3) is 11.0 Å². The van der Waals surface area contributed by atoms with Crippen molar-refractivity contribution < 1.29 is 13.9 Å². The van der Waals surface area contributed by atoms with E-state index in [4.69, 9.17) is 9.15 Å². The maximum atomic E-state index is 12.5. The minimum absolute atomic E-state index is 0.0829. The molecule has 4 heteroatoms. The van der Waals surface area contributed by atoms with Crippen molar-refractivity contribution in [2.45, 2.75) is 39.2 Å². The number of hydrogen-bond acceptors (Lipinski definition) is 4. The number of hydrogen-bond donors (Lipinski definition) is 0. The van der Waals surface area contributed by atoms with Crippen molar-refractivity contribution in [2.75, 3.05) is 0 Å². The van der Waals surface area contributed by atoms with Gasteiger partial charge in [-0.25, -0.2) is 4.79 Å². The van der Waals surface area contributed by atoms with Crippen molar-refractivity contribution >= 4 is 16.8 Å². The van der Waals surface area contributed by atoms with Crippen LogP contribution in [0.4, 0.5) is 0 Å². The summed E-state index contributed by atoms with van der Waals surface area (Å²) >= 11 is 0. The lowest BCUT2D eigenvalue weighted by atomic mass is 10.0. The monoisotopic (exact) mass is 348 g/mol. The Balaban J connectivity index is 1.70. The van der Waals surface area contributed by atoms with Gasteiger partial charge >= 0.3 is 5.63 Å². The molecular formula is C22H20O4. The first-order valence-corrected chi connectivity index (χ1v) is 8.90. The minimum atomic E-state index is -0.630. The summed E-state index contributed by atoms with van der Waals surface area (Å²) in [5, 5.41) is 0.976. The van der Waals surface area contributed by atoms with Crippen LogP contribution in [-0.4, -0.2) is 11.9 Å². The molecule has 1 aliphatic carbocycles. The van der Waals surface area contributed by atoms with Gasteiger partial charge in [-0.05, 0) is 50.8 Å². The van der Waals surface area contributed by atoms with Gasteiger partial charge in [0, 0.05) is 22.1 Å². The normalized spacial score (nSPS) is 14.2. The van der Waals surface area contributed by atoms with Crippen LogP contribution in [0.5, 0.6) is 5.75 Å². The first kappa shape index (κ1) is 16.6. The molecule has 1 aromatic heterocycles. The molecule has 0 N–H and O–H groups in total. The van der Waals surface area contributed by atoms with E-state index in [9.17, 15) is 9.59 Å². The molecule has 3 aromatic rings.